The Labute approximate surface area is 172 Å². The summed E-state index contributed by atoms with van der Waals surface area (Å²) in [4.78, 5) is 29.5. The van der Waals surface area contributed by atoms with Crippen LogP contribution < -0.4 is 9.80 Å². The third-order valence-corrected chi connectivity index (χ3v) is 5.42. The predicted molar refractivity (Wildman–Crippen MR) is 109 cm³/mol. The molecule has 3 heterocycles. The third kappa shape index (κ3) is 2.80. The number of anilines is 2. The van der Waals surface area contributed by atoms with Crippen LogP contribution in [0.1, 0.15) is 20.7 Å². The first kappa shape index (κ1) is 18.5. The molecule has 1 aromatic heterocycles. The summed E-state index contributed by atoms with van der Waals surface area (Å²) in [5.41, 5.74) is 2.45. The van der Waals surface area contributed by atoms with Gasteiger partial charge in [0.25, 0.3) is 11.8 Å². The second-order valence-electron chi connectivity index (χ2n) is 7.25. The van der Waals surface area contributed by atoms with Crippen molar-refractivity contribution in [2.45, 2.75) is 0 Å². The van der Waals surface area contributed by atoms with Crippen LogP contribution in [-0.2, 0) is 11.8 Å². The van der Waals surface area contributed by atoms with Gasteiger partial charge in [-0.2, -0.15) is 5.10 Å². The van der Waals surface area contributed by atoms with Crippen LogP contribution in [0.4, 0.5) is 15.9 Å². The second kappa shape index (κ2) is 7.07. The number of morpholine rings is 1. The molecule has 2 aliphatic heterocycles. The molecule has 0 bridgehead atoms. The molecule has 2 amide bonds. The summed E-state index contributed by atoms with van der Waals surface area (Å²) in [5.74, 6) is -0.784. The van der Waals surface area contributed by atoms with E-state index in [2.05, 4.69) is 5.10 Å². The Morgan fingerprint density at radius 1 is 0.967 bits per heavy atom. The average Bonchev–Trinajstić information content (AvgIpc) is 3.23. The van der Waals surface area contributed by atoms with Crippen LogP contribution >= 0.6 is 0 Å². The number of carbonyl (C=O) groups is 2. The SMILES string of the molecule is Cn1nc(-c2cccc(F)c2)c(N2CCOCC2)c1N1C(=O)c2ccccc2C1=O. The number of carbonyl (C=O) groups excluding carboxylic acids is 2. The van der Waals surface area contributed by atoms with E-state index in [0.717, 1.165) is 0 Å². The minimum absolute atomic E-state index is 0.365. The maximum atomic E-state index is 14.0. The summed E-state index contributed by atoms with van der Waals surface area (Å²) in [6, 6.07) is 12.9. The van der Waals surface area contributed by atoms with Gasteiger partial charge in [0.2, 0.25) is 0 Å². The van der Waals surface area contributed by atoms with Gasteiger partial charge in [-0.25, -0.2) is 14.0 Å². The fourth-order valence-electron chi connectivity index (χ4n) is 4.04. The Bertz CT molecular complexity index is 1130. The Kier molecular flexibility index (Phi) is 4.36. The van der Waals surface area contributed by atoms with E-state index in [1.165, 1.54) is 21.7 Å². The molecule has 8 heteroatoms. The molecule has 30 heavy (non-hydrogen) atoms. The van der Waals surface area contributed by atoms with E-state index in [-0.39, 0.29) is 17.6 Å². The van der Waals surface area contributed by atoms with E-state index in [9.17, 15) is 14.0 Å². The van der Waals surface area contributed by atoms with Crippen LogP contribution in [-0.4, -0.2) is 47.9 Å². The number of rotatable bonds is 3. The number of halogens is 1. The zero-order chi connectivity index (χ0) is 20.8. The zero-order valence-corrected chi connectivity index (χ0v) is 16.3. The number of fused-ring (bicyclic) bond motifs is 1. The van der Waals surface area contributed by atoms with E-state index in [1.54, 1.807) is 43.4 Å². The predicted octanol–water partition coefficient (Wildman–Crippen LogP) is 2.86. The van der Waals surface area contributed by atoms with Crippen LogP contribution in [0.5, 0.6) is 0 Å². The van der Waals surface area contributed by atoms with E-state index >= 15 is 0 Å². The van der Waals surface area contributed by atoms with Gasteiger partial charge in [0.05, 0.1) is 24.3 Å². The van der Waals surface area contributed by atoms with E-state index in [0.29, 0.717) is 60.2 Å². The van der Waals surface area contributed by atoms with Crippen molar-refractivity contribution in [1.29, 1.82) is 0 Å². The van der Waals surface area contributed by atoms with Crippen molar-refractivity contribution in [3.05, 3.63) is 65.5 Å². The molecule has 0 spiro atoms. The van der Waals surface area contributed by atoms with E-state index in [4.69, 9.17) is 4.74 Å². The largest absolute Gasteiger partial charge is 0.378 e. The molecule has 2 aliphatic rings. The highest BCUT2D eigenvalue weighted by Gasteiger charge is 2.41. The summed E-state index contributed by atoms with van der Waals surface area (Å²) < 4.78 is 20.9. The summed E-state index contributed by atoms with van der Waals surface area (Å²) in [5, 5.41) is 4.59. The van der Waals surface area contributed by atoms with Crippen molar-refractivity contribution < 1.29 is 18.7 Å². The molecule has 2 aromatic carbocycles. The summed E-state index contributed by atoms with van der Waals surface area (Å²) in [6.45, 7) is 2.17. The first-order chi connectivity index (χ1) is 14.6. The molecular weight excluding hydrogens is 387 g/mol. The van der Waals surface area contributed by atoms with Crippen LogP contribution in [0, 0.1) is 5.82 Å². The Hall–Kier alpha value is -3.52. The molecule has 0 N–H and O–H groups in total. The monoisotopic (exact) mass is 406 g/mol. The lowest BCUT2D eigenvalue weighted by Crippen LogP contribution is -2.39. The van der Waals surface area contributed by atoms with Crippen molar-refractivity contribution >= 4 is 23.3 Å². The molecule has 0 atom stereocenters. The second-order valence-corrected chi connectivity index (χ2v) is 7.25. The lowest BCUT2D eigenvalue weighted by molar-refractivity contribution is 0.0923. The minimum atomic E-state index is -0.390. The smallest absolute Gasteiger partial charge is 0.267 e. The van der Waals surface area contributed by atoms with Crippen LogP contribution in [0.15, 0.2) is 48.5 Å². The Morgan fingerprint density at radius 3 is 2.27 bits per heavy atom. The maximum absolute atomic E-state index is 14.0. The van der Waals surface area contributed by atoms with Gasteiger partial charge < -0.3 is 9.64 Å². The number of imide groups is 1. The van der Waals surface area contributed by atoms with Crippen LogP contribution in [0.2, 0.25) is 0 Å². The quantitative estimate of drug-likeness (QED) is 0.626. The lowest BCUT2D eigenvalue weighted by atomic mass is 10.1. The number of ether oxygens (including phenoxy) is 1. The number of nitrogens with zero attached hydrogens (tertiary/aromatic N) is 4. The molecule has 152 valence electrons. The highest BCUT2D eigenvalue weighted by Crippen LogP contribution is 2.42. The molecule has 0 radical (unpaired) electrons. The Morgan fingerprint density at radius 2 is 1.63 bits per heavy atom. The molecule has 3 aromatic rings. The van der Waals surface area contributed by atoms with Gasteiger partial charge in [0.1, 0.15) is 17.2 Å². The van der Waals surface area contributed by atoms with Crippen molar-refractivity contribution in [3.63, 3.8) is 0 Å². The average molecular weight is 406 g/mol. The molecule has 1 saturated heterocycles. The number of aromatic nitrogens is 2. The first-order valence-electron chi connectivity index (χ1n) is 9.69. The van der Waals surface area contributed by atoms with Gasteiger partial charge >= 0.3 is 0 Å². The summed E-state index contributed by atoms with van der Waals surface area (Å²) >= 11 is 0. The number of amides is 2. The van der Waals surface area contributed by atoms with Crippen molar-refractivity contribution in [2.24, 2.45) is 7.05 Å². The lowest BCUT2D eigenvalue weighted by Gasteiger charge is -2.30. The number of benzene rings is 2. The first-order valence-corrected chi connectivity index (χ1v) is 9.69. The maximum Gasteiger partial charge on any atom is 0.267 e. The topological polar surface area (TPSA) is 67.7 Å². The fourth-order valence-corrected chi connectivity index (χ4v) is 4.04. The van der Waals surface area contributed by atoms with Gasteiger partial charge in [-0.1, -0.05) is 24.3 Å². The Balaban J connectivity index is 1.71. The molecular formula is C22H19FN4O3. The normalized spacial score (nSPS) is 16.3. The van der Waals surface area contributed by atoms with Gasteiger partial charge in [0, 0.05) is 25.7 Å². The van der Waals surface area contributed by atoms with Crippen molar-refractivity contribution in [3.8, 4) is 11.3 Å². The molecule has 1 fully saturated rings. The van der Waals surface area contributed by atoms with Gasteiger partial charge in [0.15, 0.2) is 5.82 Å². The van der Waals surface area contributed by atoms with Gasteiger partial charge in [-0.05, 0) is 24.3 Å². The van der Waals surface area contributed by atoms with E-state index in [1.807, 2.05) is 4.90 Å². The third-order valence-electron chi connectivity index (χ3n) is 5.42. The molecule has 5 rings (SSSR count). The number of aryl methyl sites for hydroxylation is 1. The molecule has 0 unspecified atom stereocenters. The number of hydrogen-bond acceptors (Lipinski definition) is 5. The summed E-state index contributed by atoms with van der Waals surface area (Å²) in [7, 11) is 1.69. The fraction of sp³-hybridized carbons (Fsp3) is 0.227. The van der Waals surface area contributed by atoms with Crippen LogP contribution in [0.25, 0.3) is 11.3 Å². The standard InChI is InChI=1S/C22H19FN4O3/c1-25-20(27-21(28)16-7-2-3-8-17(16)22(27)29)19(26-9-11-30-12-10-26)18(24-25)14-5-4-6-15(23)13-14/h2-8,13H,9-12H2,1H3. The molecule has 0 saturated carbocycles. The van der Waals surface area contributed by atoms with Crippen molar-refractivity contribution in [2.75, 3.05) is 36.1 Å². The van der Waals surface area contributed by atoms with Gasteiger partial charge in [-0.3, -0.25) is 9.59 Å². The minimum Gasteiger partial charge on any atom is -0.378 e. The van der Waals surface area contributed by atoms with Gasteiger partial charge in [-0.15, -0.1) is 0 Å². The summed E-state index contributed by atoms with van der Waals surface area (Å²) in [6.07, 6.45) is 0. The number of hydrogen-bond donors (Lipinski definition) is 0. The van der Waals surface area contributed by atoms with Crippen LogP contribution in [0.3, 0.4) is 0 Å². The highest BCUT2D eigenvalue weighted by atomic mass is 19.1. The zero-order valence-electron chi connectivity index (χ0n) is 16.3. The van der Waals surface area contributed by atoms with E-state index < -0.39 is 0 Å². The molecule has 0 aliphatic carbocycles. The molecule has 7 nitrogen and oxygen atoms in total. The van der Waals surface area contributed by atoms with Crippen molar-refractivity contribution in [1.82, 2.24) is 9.78 Å². The highest BCUT2D eigenvalue weighted by molar-refractivity contribution is 6.35.